The highest BCUT2D eigenvalue weighted by molar-refractivity contribution is 5.95. The van der Waals surface area contributed by atoms with E-state index >= 15 is 0 Å². The van der Waals surface area contributed by atoms with Crippen molar-refractivity contribution in [3.63, 3.8) is 0 Å². The monoisotopic (exact) mass is 374 g/mol. The second-order valence-electron chi connectivity index (χ2n) is 6.42. The number of nitrogens with zero attached hydrogens (tertiary/aromatic N) is 2. The predicted molar refractivity (Wildman–Crippen MR) is 96.6 cm³/mol. The summed E-state index contributed by atoms with van der Waals surface area (Å²) < 4.78 is 39.7. The summed E-state index contributed by atoms with van der Waals surface area (Å²) >= 11 is 0. The van der Waals surface area contributed by atoms with E-state index in [1.54, 1.807) is 32.2 Å². The maximum Gasteiger partial charge on any atom is 0.433 e. The summed E-state index contributed by atoms with van der Waals surface area (Å²) in [5, 5.41) is 0.668. The number of fused-ring (bicyclic) bond motifs is 1. The molecule has 27 heavy (non-hydrogen) atoms. The highest BCUT2D eigenvalue weighted by Gasteiger charge is 2.33. The van der Waals surface area contributed by atoms with Gasteiger partial charge in [-0.05, 0) is 35.8 Å². The Hall–Kier alpha value is -3.16. The molecule has 0 spiro atoms. The van der Waals surface area contributed by atoms with Crippen molar-refractivity contribution in [1.82, 2.24) is 15.0 Å². The number of alkyl halides is 3. The molecule has 0 bridgehead atoms. The number of primary amides is 1. The minimum Gasteiger partial charge on any atom is -0.366 e. The van der Waals surface area contributed by atoms with Crippen LogP contribution in [0.1, 0.15) is 36.7 Å². The average Bonchev–Trinajstić information content (AvgIpc) is 3.01. The Morgan fingerprint density at radius 2 is 1.96 bits per heavy atom. The maximum absolute atomic E-state index is 13.2. The van der Waals surface area contributed by atoms with E-state index in [-0.39, 0.29) is 5.92 Å². The summed E-state index contributed by atoms with van der Waals surface area (Å²) in [7, 11) is 0. The van der Waals surface area contributed by atoms with Gasteiger partial charge in [0.1, 0.15) is 11.3 Å². The van der Waals surface area contributed by atoms with Gasteiger partial charge in [-0.1, -0.05) is 13.8 Å². The summed E-state index contributed by atoms with van der Waals surface area (Å²) in [5.74, 6) is -0.761. The van der Waals surface area contributed by atoms with Crippen molar-refractivity contribution >= 4 is 23.0 Å². The van der Waals surface area contributed by atoms with Crippen LogP contribution < -0.4 is 5.73 Å². The highest BCUT2D eigenvalue weighted by Crippen LogP contribution is 2.33. The van der Waals surface area contributed by atoms with Gasteiger partial charge in [0.15, 0.2) is 0 Å². The molecule has 0 aliphatic carbocycles. The van der Waals surface area contributed by atoms with Gasteiger partial charge >= 0.3 is 6.18 Å². The number of aromatic amines is 1. The van der Waals surface area contributed by atoms with Gasteiger partial charge in [-0.15, -0.1) is 0 Å². The van der Waals surface area contributed by atoms with Crippen molar-refractivity contribution in [1.29, 1.82) is 0 Å². The molecule has 3 N–H and O–H groups in total. The molecular formula is C19H17F3N4O. The van der Waals surface area contributed by atoms with Crippen LogP contribution in [0, 0.1) is 0 Å². The number of rotatable bonds is 4. The maximum atomic E-state index is 13.2. The van der Waals surface area contributed by atoms with E-state index in [9.17, 15) is 18.0 Å². The first-order valence-corrected chi connectivity index (χ1v) is 8.19. The fourth-order valence-corrected chi connectivity index (χ4v) is 2.65. The van der Waals surface area contributed by atoms with E-state index in [1.807, 2.05) is 0 Å². The Bertz CT molecular complexity index is 1040. The Morgan fingerprint density at radius 3 is 2.59 bits per heavy atom. The lowest BCUT2D eigenvalue weighted by Crippen LogP contribution is -2.10. The topological polar surface area (TPSA) is 84.7 Å². The third-order valence-electron chi connectivity index (χ3n) is 4.05. The Balaban J connectivity index is 2.15. The molecule has 3 rings (SSSR count). The number of carbonyl (C=O) groups excluding carboxylic acids is 1. The molecule has 0 unspecified atom stereocenters. The van der Waals surface area contributed by atoms with Crippen molar-refractivity contribution in [3.8, 4) is 11.1 Å². The van der Waals surface area contributed by atoms with Crippen LogP contribution in [0.4, 0.5) is 13.2 Å². The van der Waals surface area contributed by atoms with Crippen LogP contribution in [0.15, 0.2) is 36.7 Å². The van der Waals surface area contributed by atoms with Gasteiger partial charge < -0.3 is 10.7 Å². The smallest absolute Gasteiger partial charge is 0.366 e. The van der Waals surface area contributed by atoms with Gasteiger partial charge in [0, 0.05) is 40.7 Å². The van der Waals surface area contributed by atoms with E-state index < -0.39 is 17.8 Å². The number of hydrogen-bond donors (Lipinski definition) is 2. The number of halogens is 3. The number of aromatic nitrogens is 3. The van der Waals surface area contributed by atoms with Gasteiger partial charge in [-0.25, -0.2) is 9.97 Å². The Labute approximate surface area is 153 Å². The summed E-state index contributed by atoms with van der Waals surface area (Å²) in [4.78, 5) is 21.9. The Morgan fingerprint density at radius 1 is 1.22 bits per heavy atom. The average molecular weight is 374 g/mol. The molecule has 0 saturated carbocycles. The number of pyridine rings is 2. The third kappa shape index (κ3) is 3.99. The fourth-order valence-electron chi connectivity index (χ4n) is 2.65. The van der Waals surface area contributed by atoms with E-state index in [4.69, 9.17) is 5.73 Å². The summed E-state index contributed by atoms with van der Waals surface area (Å²) in [6, 6.07) is 4.37. The van der Waals surface area contributed by atoms with Crippen LogP contribution in [-0.2, 0) is 11.0 Å². The van der Waals surface area contributed by atoms with Crippen LogP contribution >= 0.6 is 0 Å². The first-order valence-electron chi connectivity index (χ1n) is 8.19. The molecule has 140 valence electrons. The SMILES string of the molecule is CC(C)c1cc(-c2cnc3[nH]cc(C=CC(N)=O)c3c2)cc(C(F)(F)F)n1. The quantitative estimate of drug-likeness (QED) is 0.669. The molecule has 5 nitrogen and oxygen atoms in total. The number of carbonyl (C=O) groups is 1. The molecule has 1 amide bonds. The van der Waals surface area contributed by atoms with Crippen LogP contribution in [0.5, 0.6) is 0 Å². The van der Waals surface area contributed by atoms with Crippen molar-refractivity contribution in [2.75, 3.05) is 0 Å². The molecule has 0 saturated heterocycles. The van der Waals surface area contributed by atoms with Crippen molar-refractivity contribution in [3.05, 3.63) is 53.6 Å². The lowest BCUT2D eigenvalue weighted by molar-refractivity contribution is -0.141. The third-order valence-corrected chi connectivity index (χ3v) is 4.05. The largest absolute Gasteiger partial charge is 0.433 e. The summed E-state index contributed by atoms with van der Waals surface area (Å²) in [6.45, 7) is 3.57. The zero-order valence-corrected chi connectivity index (χ0v) is 14.6. The first kappa shape index (κ1) is 18.6. The van der Waals surface area contributed by atoms with E-state index in [2.05, 4.69) is 15.0 Å². The van der Waals surface area contributed by atoms with Gasteiger partial charge in [0.25, 0.3) is 0 Å². The molecule has 8 heteroatoms. The number of H-pyrrole nitrogens is 1. The van der Waals surface area contributed by atoms with Crippen LogP contribution in [0.3, 0.4) is 0 Å². The zero-order valence-electron chi connectivity index (χ0n) is 14.6. The van der Waals surface area contributed by atoms with Gasteiger partial charge in [0.05, 0.1) is 0 Å². The van der Waals surface area contributed by atoms with Crippen LogP contribution in [0.25, 0.3) is 28.2 Å². The molecule has 0 fully saturated rings. The summed E-state index contributed by atoms with van der Waals surface area (Å²) in [6.07, 6.45) is 1.34. The lowest BCUT2D eigenvalue weighted by Gasteiger charge is -2.13. The molecule has 0 radical (unpaired) electrons. The predicted octanol–water partition coefficient (Wildman–Crippen LogP) is 4.27. The molecule has 0 aromatic carbocycles. The molecule has 0 aliphatic heterocycles. The fraction of sp³-hybridized carbons (Fsp3) is 0.211. The zero-order chi connectivity index (χ0) is 19.8. The van der Waals surface area contributed by atoms with Crippen LogP contribution in [-0.4, -0.2) is 20.9 Å². The second-order valence-corrected chi connectivity index (χ2v) is 6.42. The normalized spacial score (nSPS) is 12.4. The second kappa shape index (κ2) is 6.86. The van der Waals surface area contributed by atoms with Gasteiger partial charge in [0.2, 0.25) is 5.91 Å². The van der Waals surface area contributed by atoms with Gasteiger partial charge in [-0.3, -0.25) is 4.79 Å². The van der Waals surface area contributed by atoms with Gasteiger partial charge in [-0.2, -0.15) is 13.2 Å². The lowest BCUT2D eigenvalue weighted by atomic mass is 10.0. The van der Waals surface area contributed by atoms with Crippen molar-refractivity contribution in [2.24, 2.45) is 5.73 Å². The number of hydrogen-bond acceptors (Lipinski definition) is 3. The molecule has 3 heterocycles. The van der Waals surface area contributed by atoms with Crippen molar-refractivity contribution < 1.29 is 18.0 Å². The number of nitrogens with two attached hydrogens (primary N) is 1. The van der Waals surface area contributed by atoms with Crippen molar-refractivity contribution in [2.45, 2.75) is 25.9 Å². The van der Waals surface area contributed by atoms with E-state index in [1.165, 1.54) is 18.3 Å². The highest BCUT2D eigenvalue weighted by atomic mass is 19.4. The minimum absolute atomic E-state index is 0.163. The molecule has 0 atom stereocenters. The first-order chi connectivity index (χ1) is 12.6. The number of amides is 1. The number of nitrogens with one attached hydrogen (secondary N) is 1. The molecule has 0 aliphatic rings. The molecule has 3 aromatic rings. The standard InChI is InChI=1S/C19H17F3N4O/c1-10(2)15-6-12(7-16(26-15)19(20,21)22)13-5-14-11(3-4-17(23)27)8-24-18(14)25-9-13/h3-10H,1-2H3,(H2,23,27)(H,24,25). The minimum atomic E-state index is -4.54. The van der Waals surface area contributed by atoms with Crippen LogP contribution in [0.2, 0.25) is 0 Å². The van der Waals surface area contributed by atoms with E-state index in [0.717, 1.165) is 6.07 Å². The Kier molecular flexibility index (Phi) is 4.73. The summed E-state index contributed by atoms with van der Waals surface area (Å²) in [5.41, 5.74) is 6.63. The van der Waals surface area contributed by atoms with E-state index in [0.29, 0.717) is 33.4 Å². The molecule has 3 aromatic heterocycles. The molecular weight excluding hydrogens is 357 g/mol.